The first kappa shape index (κ1) is 12.6. The van der Waals surface area contributed by atoms with Gasteiger partial charge in [0.15, 0.2) is 0 Å². The topological polar surface area (TPSA) is 76.7 Å². The number of hydrogen-bond donors (Lipinski definition) is 1. The Kier molecular flexibility index (Phi) is 3.66. The average molecular weight is 247 g/mol. The minimum absolute atomic E-state index is 0.0486. The summed E-state index contributed by atoms with van der Waals surface area (Å²) in [6.45, 7) is 8.64. The van der Waals surface area contributed by atoms with E-state index in [0.717, 1.165) is 23.5 Å². The van der Waals surface area contributed by atoms with Gasteiger partial charge in [0, 0.05) is 0 Å². The highest BCUT2D eigenvalue weighted by Crippen LogP contribution is 2.22. The molecule has 2 heterocycles. The van der Waals surface area contributed by atoms with E-state index in [2.05, 4.69) is 25.7 Å². The Labute approximate surface area is 106 Å². The van der Waals surface area contributed by atoms with Crippen molar-refractivity contribution in [3.8, 4) is 11.5 Å². The van der Waals surface area contributed by atoms with Gasteiger partial charge in [0.05, 0.1) is 23.0 Å². The summed E-state index contributed by atoms with van der Waals surface area (Å²) in [5, 5.41) is 19.4. The number of aromatic nitrogens is 4. The molecule has 6 heteroatoms. The molecule has 1 atom stereocenters. The summed E-state index contributed by atoms with van der Waals surface area (Å²) in [6, 6.07) is 1.95. The van der Waals surface area contributed by atoms with Crippen LogP contribution in [0.5, 0.6) is 0 Å². The molecule has 0 fully saturated rings. The van der Waals surface area contributed by atoms with E-state index in [0.29, 0.717) is 11.8 Å². The maximum Gasteiger partial charge on any atom is 0.249 e. The van der Waals surface area contributed by atoms with Gasteiger partial charge in [0.2, 0.25) is 11.8 Å². The summed E-state index contributed by atoms with van der Waals surface area (Å²) in [5.74, 6) is 1.07. The van der Waals surface area contributed by atoms with Crippen molar-refractivity contribution < 1.29 is 4.42 Å². The fourth-order valence-electron chi connectivity index (χ4n) is 1.68. The molecule has 0 radical (unpaired) electrons. The molecule has 0 saturated carbocycles. The molecule has 0 aliphatic carbocycles. The van der Waals surface area contributed by atoms with E-state index < -0.39 is 0 Å². The zero-order valence-electron chi connectivity index (χ0n) is 11.1. The van der Waals surface area contributed by atoms with E-state index in [1.54, 1.807) is 0 Å². The Morgan fingerprint density at radius 3 is 2.72 bits per heavy atom. The Bertz CT molecular complexity index is 537. The highest BCUT2D eigenvalue weighted by atomic mass is 16.4. The molecule has 96 valence electrons. The smallest absolute Gasteiger partial charge is 0.249 e. The summed E-state index contributed by atoms with van der Waals surface area (Å²) < 4.78 is 5.67. The van der Waals surface area contributed by atoms with Crippen molar-refractivity contribution in [2.45, 2.75) is 33.7 Å². The molecular formula is C12H17N5O. The third kappa shape index (κ3) is 2.53. The molecule has 0 saturated heterocycles. The minimum atomic E-state index is 0.0486. The van der Waals surface area contributed by atoms with Gasteiger partial charge in [-0.2, -0.15) is 10.2 Å². The van der Waals surface area contributed by atoms with Crippen LogP contribution >= 0.6 is 0 Å². The lowest BCUT2D eigenvalue weighted by Crippen LogP contribution is -2.17. The monoisotopic (exact) mass is 247 g/mol. The van der Waals surface area contributed by atoms with Gasteiger partial charge in [0.25, 0.3) is 0 Å². The lowest BCUT2D eigenvalue weighted by atomic mass is 10.2. The van der Waals surface area contributed by atoms with Crippen LogP contribution in [0, 0.1) is 13.8 Å². The second-order valence-corrected chi connectivity index (χ2v) is 4.21. The molecule has 1 unspecified atom stereocenters. The molecule has 0 bridgehead atoms. The number of nitrogens with zero attached hydrogens (tertiary/aromatic N) is 4. The number of aryl methyl sites for hydroxylation is 2. The van der Waals surface area contributed by atoms with Crippen LogP contribution in [0.15, 0.2) is 10.5 Å². The zero-order valence-corrected chi connectivity index (χ0v) is 11.1. The third-order valence-corrected chi connectivity index (χ3v) is 2.65. The SMILES string of the molecule is CCNC(C)c1nnc(-c2cc(C)nnc2C)o1. The van der Waals surface area contributed by atoms with E-state index in [1.807, 2.05) is 33.8 Å². The van der Waals surface area contributed by atoms with Gasteiger partial charge in [0.1, 0.15) is 0 Å². The maximum atomic E-state index is 5.67. The van der Waals surface area contributed by atoms with Crippen LogP contribution in [-0.4, -0.2) is 26.9 Å². The van der Waals surface area contributed by atoms with E-state index in [1.165, 1.54) is 0 Å². The van der Waals surface area contributed by atoms with Crippen LogP contribution in [0.4, 0.5) is 0 Å². The van der Waals surface area contributed by atoms with Gasteiger partial charge in [-0.25, -0.2) is 0 Å². The molecule has 0 aliphatic rings. The molecule has 0 spiro atoms. The van der Waals surface area contributed by atoms with E-state index in [4.69, 9.17) is 4.42 Å². The molecule has 1 N–H and O–H groups in total. The summed E-state index contributed by atoms with van der Waals surface area (Å²) in [6.07, 6.45) is 0. The number of rotatable bonds is 4. The molecule has 2 rings (SSSR count). The van der Waals surface area contributed by atoms with Gasteiger partial charge < -0.3 is 9.73 Å². The Morgan fingerprint density at radius 2 is 2.00 bits per heavy atom. The first-order chi connectivity index (χ1) is 8.61. The van der Waals surface area contributed by atoms with Crippen molar-refractivity contribution in [1.29, 1.82) is 0 Å². The van der Waals surface area contributed by atoms with Crippen LogP contribution in [0.2, 0.25) is 0 Å². The fraction of sp³-hybridized carbons (Fsp3) is 0.500. The van der Waals surface area contributed by atoms with E-state index >= 15 is 0 Å². The lowest BCUT2D eigenvalue weighted by Gasteiger charge is -2.06. The van der Waals surface area contributed by atoms with Crippen molar-refractivity contribution in [2.24, 2.45) is 0 Å². The molecule has 18 heavy (non-hydrogen) atoms. The fourth-order valence-corrected chi connectivity index (χ4v) is 1.68. The molecule has 2 aromatic rings. The molecule has 0 amide bonds. The lowest BCUT2D eigenvalue weighted by molar-refractivity contribution is 0.428. The Hall–Kier alpha value is -1.82. The van der Waals surface area contributed by atoms with Crippen LogP contribution in [0.3, 0.4) is 0 Å². The van der Waals surface area contributed by atoms with E-state index in [-0.39, 0.29) is 6.04 Å². The Balaban J connectivity index is 2.32. The molecule has 0 aliphatic heterocycles. The van der Waals surface area contributed by atoms with Crippen molar-refractivity contribution in [3.05, 3.63) is 23.3 Å². The summed E-state index contributed by atoms with van der Waals surface area (Å²) in [7, 11) is 0. The van der Waals surface area contributed by atoms with Crippen LogP contribution < -0.4 is 5.32 Å². The van der Waals surface area contributed by atoms with Gasteiger partial charge in [-0.15, -0.1) is 10.2 Å². The van der Waals surface area contributed by atoms with Gasteiger partial charge in [-0.05, 0) is 33.4 Å². The van der Waals surface area contributed by atoms with Crippen molar-refractivity contribution >= 4 is 0 Å². The molecular weight excluding hydrogens is 230 g/mol. The highest BCUT2D eigenvalue weighted by Gasteiger charge is 2.16. The quantitative estimate of drug-likeness (QED) is 0.888. The summed E-state index contributed by atoms with van der Waals surface area (Å²) >= 11 is 0. The van der Waals surface area contributed by atoms with Gasteiger partial charge in [-0.3, -0.25) is 0 Å². The predicted molar refractivity (Wildman–Crippen MR) is 66.9 cm³/mol. The molecule has 2 aromatic heterocycles. The summed E-state index contributed by atoms with van der Waals surface area (Å²) in [4.78, 5) is 0. The minimum Gasteiger partial charge on any atom is -0.419 e. The Morgan fingerprint density at radius 1 is 1.22 bits per heavy atom. The van der Waals surface area contributed by atoms with Crippen LogP contribution in [0.25, 0.3) is 11.5 Å². The van der Waals surface area contributed by atoms with Crippen molar-refractivity contribution in [3.63, 3.8) is 0 Å². The van der Waals surface area contributed by atoms with Gasteiger partial charge in [-0.1, -0.05) is 6.92 Å². The first-order valence-corrected chi connectivity index (χ1v) is 6.00. The average Bonchev–Trinajstić information content (AvgIpc) is 2.82. The first-order valence-electron chi connectivity index (χ1n) is 6.00. The molecule has 0 aromatic carbocycles. The van der Waals surface area contributed by atoms with Crippen LogP contribution in [0.1, 0.15) is 37.2 Å². The van der Waals surface area contributed by atoms with Crippen molar-refractivity contribution in [1.82, 2.24) is 25.7 Å². The summed E-state index contributed by atoms with van der Waals surface area (Å²) in [5.41, 5.74) is 2.45. The molecule has 6 nitrogen and oxygen atoms in total. The van der Waals surface area contributed by atoms with E-state index in [9.17, 15) is 0 Å². The predicted octanol–water partition coefficient (Wildman–Crippen LogP) is 1.81. The largest absolute Gasteiger partial charge is 0.419 e. The maximum absolute atomic E-state index is 5.67. The van der Waals surface area contributed by atoms with Crippen LogP contribution in [-0.2, 0) is 0 Å². The normalized spacial score (nSPS) is 12.7. The second kappa shape index (κ2) is 5.22. The third-order valence-electron chi connectivity index (χ3n) is 2.65. The standard InChI is InChI=1S/C12H17N5O/c1-5-13-9(4)11-16-17-12(18-11)10-6-7(2)14-15-8(10)3/h6,9,13H,5H2,1-4H3. The number of nitrogens with one attached hydrogen (secondary N) is 1. The van der Waals surface area contributed by atoms with Crippen molar-refractivity contribution in [2.75, 3.05) is 6.54 Å². The zero-order chi connectivity index (χ0) is 13.1. The highest BCUT2D eigenvalue weighted by molar-refractivity contribution is 5.55. The second-order valence-electron chi connectivity index (χ2n) is 4.21. The number of hydrogen-bond acceptors (Lipinski definition) is 6. The van der Waals surface area contributed by atoms with Gasteiger partial charge >= 0.3 is 0 Å².